The molecule has 1 aromatic heterocycles. The summed E-state index contributed by atoms with van der Waals surface area (Å²) in [5.74, 6) is -0.357. The molecule has 1 fully saturated rings. The molecule has 1 unspecified atom stereocenters. The number of hydrogen-bond acceptors (Lipinski definition) is 3. The first-order chi connectivity index (χ1) is 7.18. The third-order valence-electron chi connectivity index (χ3n) is 2.72. The van der Waals surface area contributed by atoms with Crippen LogP contribution in [0, 0.1) is 0 Å². The first kappa shape index (κ1) is 10.1. The second-order valence-electron chi connectivity index (χ2n) is 4.00. The molecule has 0 spiro atoms. The lowest BCUT2D eigenvalue weighted by Gasteiger charge is -2.10. The molecular formula is C11H14N2O2. The van der Waals surface area contributed by atoms with Crippen LogP contribution in [0.2, 0.25) is 0 Å². The minimum absolute atomic E-state index is 0.370. The average molecular weight is 206 g/mol. The number of hydrogen-bond donors (Lipinski definition) is 2. The highest BCUT2D eigenvalue weighted by molar-refractivity contribution is 5.73. The van der Waals surface area contributed by atoms with Crippen molar-refractivity contribution in [3.05, 3.63) is 29.6 Å². The molecule has 3 N–H and O–H groups in total. The molecule has 15 heavy (non-hydrogen) atoms. The Morgan fingerprint density at radius 3 is 3.00 bits per heavy atom. The maximum atomic E-state index is 10.7. The van der Waals surface area contributed by atoms with Crippen LogP contribution in [0.25, 0.3) is 0 Å². The molecule has 4 nitrogen and oxygen atoms in total. The fraction of sp³-hybridized carbons (Fsp3) is 0.455. The van der Waals surface area contributed by atoms with Crippen LogP contribution in [-0.4, -0.2) is 22.1 Å². The summed E-state index contributed by atoms with van der Waals surface area (Å²) < 4.78 is 0. The van der Waals surface area contributed by atoms with Crippen LogP contribution in [0.15, 0.2) is 18.5 Å². The SMILES string of the molecule is NC(Cc1cnccc1C1CC1)C(=O)O. The molecule has 2 rings (SSSR count). The summed E-state index contributed by atoms with van der Waals surface area (Å²) in [5.41, 5.74) is 7.72. The molecule has 1 atom stereocenters. The lowest BCUT2D eigenvalue weighted by molar-refractivity contribution is -0.138. The second kappa shape index (κ2) is 3.98. The molecule has 0 radical (unpaired) electrons. The quantitative estimate of drug-likeness (QED) is 0.767. The number of carboxylic acid groups (broad SMARTS) is 1. The van der Waals surface area contributed by atoms with Gasteiger partial charge in [-0.1, -0.05) is 0 Å². The van der Waals surface area contributed by atoms with Gasteiger partial charge in [0.2, 0.25) is 0 Å². The van der Waals surface area contributed by atoms with Crippen LogP contribution in [0.4, 0.5) is 0 Å². The summed E-state index contributed by atoms with van der Waals surface area (Å²) in [6.07, 6.45) is 6.24. The molecule has 0 aliphatic heterocycles. The van der Waals surface area contributed by atoms with Crippen LogP contribution >= 0.6 is 0 Å². The van der Waals surface area contributed by atoms with Gasteiger partial charge in [-0.25, -0.2) is 0 Å². The standard InChI is InChI=1S/C11H14N2O2/c12-10(11(14)15)5-8-6-13-4-3-9(8)7-1-2-7/h3-4,6-7,10H,1-2,5,12H2,(H,14,15). The van der Waals surface area contributed by atoms with Crippen LogP contribution in [0.3, 0.4) is 0 Å². The van der Waals surface area contributed by atoms with E-state index in [4.69, 9.17) is 10.8 Å². The summed E-state index contributed by atoms with van der Waals surface area (Å²) in [7, 11) is 0. The number of rotatable bonds is 4. The van der Waals surface area contributed by atoms with Gasteiger partial charge in [0.25, 0.3) is 0 Å². The van der Waals surface area contributed by atoms with Gasteiger partial charge in [-0.3, -0.25) is 9.78 Å². The van der Waals surface area contributed by atoms with Gasteiger partial charge < -0.3 is 10.8 Å². The number of aliphatic carboxylic acids is 1. The molecule has 0 bridgehead atoms. The third-order valence-corrected chi connectivity index (χ3v) is 2.72. The first-order valence-corrected chi connectivity index (χ1v) is 5.09. The highest BCUT2D eigenvalue weighted by atomic mass is 16.4. The van der Waals surface area contributed by atoms with Crippen LogP contribution in [-0.2, 0) is 11.2 Å². The fourth-order valence-corrected chi connectivity index (χ4v) is 1.73. The van der Waals surface area contributed by atoms with Crippen molar-refractivity contribution in [2.75, 3.05) is 0 Å². The summed E-state index contributed by atoms with van der Waals surface area (Å²) in [6, 6.07) is 1.15. The molecule has 1 aliphatic rings. The van der Waals surface area contributed by atoms with E-state index in [9.17, 15) is 4.79 Å². The van der Waals surface area contributed by atoms with Crippen molar-refractivity contribution in [1.82, 2.24) is 4.98 Å². The Hall–Kier alpha value is -1.42. The van der Waals surface area contributed by atoms with E-state index in [1.54, 1.807) is 12.4 Å². The maximum Gasteiger partial charge on any atom is 0.320 e. The van der Waals surface area contributed by atoms with Gasteiger partial charge in [-0.15, -0.1) is 0 Å². The predicted molar refractivity (Wildman–Crippen MR) is 55.5 cm³/mol. The highest BCUT2D eigenvalue weighted by Gasteiger charge is 2.26. The Labute approximate surface area is 88.1 Å². The van der Waals surface area contributed by atoms with Crippen LogP contribution in [0.1, 0.15) is 29.9 Å². The average Bonchev–Trinajstić information content (AvgIpc) is 3.02. The normalized spacial score (nSPS) is 17.4. The maximum absolute atomic E-state index is 10.7. The van der Waals surface area contributed by atoms with Crippen molar-refractivity contribution in [3.63, 3.8) is 0 Å². The lowest BCUT2D eigenvalue weighted by atomic mass is 10.00. The van der Waals surface area contributed by atoms with E-state index in [0.29, 0.717) is 12.3 Å². The smallest absolute Gasteiger partial charge is 0.320 e. The Bertz CT molecular complexity index is 375. The van der Waals surface area contributed by atoms with Gasteiger partial charge in [0, 0.05) is 18.8 Å². The summed E-state index contributed by atoms with van der Waals surface area (Å²) in [6.45, 7) is 0. The van der Waals surface area contributed by atoms with Gasteiger partial charge in [0.15, 0.2) is 0 Å². The van der Waals surface area contributed by atoms with E-state index in [1.165, 1.54) is 18.4 Å². The Kier molecular flexibility index (Phi) is 2.68. The van der Waals surface area contributed by atoms with Gasteiger partial charge in [-0.2, -0.15) is 0 Å². The van der Waals surface area contributed by atoms with Gasteiger partial charge in [-0.05, 0) is 36.0 Å². The Morgan fingerprint density at radius 1 is 1.67 bits per heavy atom. The molecule has 0 saturated heterocycles. The summed E-state index contributed by atoms with van der Waals surface area (Å²) in [5, 5.41) is 8.74. The van der Waals surface area contributed by atoms with Crippen molar-refractivity contribution in [3.8, 4) is 0 Å². The zero-order chi connectivity index (χ0) is 10.8. The van der Waals surface area contributed by atoms with E-state index < -0.39 is 12.0 Å². The molecule has 0 amide bonds. The van der Waals surface area contributed by atoms with Gasteiger partial charge in [0.1, 0.15) is 6.04 Å². The van der Waals surface area contributed by atoms with E-state index in [-0.39, 0.29) is 0 Å². The lowest BCUT2D eigenvalue weighted by Crippen LogP contribution is -2.32. The van der Waals surface area contributed by atoms with Crippen LogP contribution < -0.4 is 5.73 Å². The van der Waals surface area contributed by atoms with Crippen molar-refractivity contribution in [2.24, 2.45) is 5.73 Å². The topological polar surface area (TPSA) is 76.2 Å². The fourth-order valence-electron chi connectivity index (χ4n) is 1.73. The van der Waals surface area contributed by atoms with Gasteiger partial charge >= 0.3 is 5.97 Å². The van der Waals surface area contributed by atoms with Gasteiger partial charge in [0.05, 0.1) is 0 Å². The van der Waals surface area contributed by atoms with Crippen molar-refractivity contribution in [2.45, 2.75) is 31.2 Å². The minimum atomic E-state index is -0.958. The van der Waals surface area contributed by atoms with Crippen molar-refractivity contribution in [1.29, 1.82) is 0 Å². The number of aromatic nitrogens is 1. The van der Waals surface area contributed by atoms with Crippen molar-refractivity contribution < 1.29 is 9.90 Å². The number of nitrogens with two attached hydrogens (primary N) is 1. The number of carbonyl (C=O) groups is 1. The highest BCUT2D eigenvalue weighted by Crippen LogP contribution is 2.41. The molecular weight excluding hydrogens is 192 g/mol. The number of carboxylic acids is 1. The largest absolute Gasteiger partial charge is 0.480 e. The Balaban J connectivity index is 2.16. The van der Waals surface area contributed by atoms with E-state index in [0.717, 1.165) is 5.56 Å². The third kappa shape index (κ3) is 2.33. The molecule has 1 aliphatic carbocycles. The molecule has 80 valence electrons. The minimum Gasteiger partial charge on any atom is -0.480 e. The molecule has 1 heterocycles. The van der Waals surface area contributed by atoms with E-state index in [2.05, 4.69) is 4.98 Å². The second-order valence-corrected chi connectivity index (χ2v) is 4.00. The molecule has 0 aromatic carbocycles. The zero-order valence-electron chi connectivity index (χ0n) is 8.39. The summed E-state index contributed by atoms with van der Waals surface area (Å²) in [4.78, 5) is 14.7. The summed E-state index contributed by atoms with van der Waals surface area (Å²) >= 11 is 0. The zero-order valence-corrected chi connectivity index (χ0v) is 8.39. The Morgan fingerprint density at radius 2 is 2.40 bits per heavy atom. The molecule has 4 heteroatoms. The molecule has 1 saturated carbocycles. The van der Waals surface area contributed by atoms with Crippen molar-refractivity contribution >= 4 is 5.97 Å². The number of nitrogens with zero attached hydrogens (tertiary/aromatic N) is 1. The number of pyridine rings is 1. The first-order valence-electron chi connectivity index (χ1n) is 5.09. The van der Waals surface area contributed by atoms with E-state index >= 15 is 0 Å². The molecule has 1 aromatic rings. The van der Waals surface area contributed by atoms with Crippen LogP contribution in [0.5, 0.6) is 0 Å². The predicted octanol–water partition coefficient (Wildman–Crippen LogP) is 0.913. The van der Waals surface area contributed by atoms with E-state index in [1.807, 2.05) is 6.07 Å². The monoisotopic (exact) mass is 206 g/mol.